The molecule has 0 aromatic heterocycles. The lowest BCUT2D eigenvalue weighted by atomic mass is 9.96. The van der Waals surface area contributed by atoms with Crippen LogP contribution in [0.15, 0.2) is 28.7 Å². The SMILES string of the molecule is Brc1cccc(C2CCCSC2)c1. The first-order valence-electron chi connectivity index (χ1n) is 4.69. The van der Waals surface area contributed by atoms with Crippen molar-refractivity contribution < 1.29 is 0 Å². The molecular formula is C11H13BrS. The monoisotopic (exact) mass is 256 g/mol. The second-order valence-electron chi connectivity index (χ2n) is 3.47. The Morgan fingerprint density at radius 2 is 2.31 bits per heavy atom. The molecule has 70 valence electrons. The summed E-state index contributed by atoms with van der Waals surface area (Å²) in [6.07, 6.45) is 2.74. The van der Waals surface area contributed by atoms with Crippen molar-refractivity contribution in [2.75, 3.05) is 11.5 Å². The molecule has 13 heavy (non-hydrogen) atoms. The molecule has 0 radical (unpaired) electrons. The Morgan fingerprint density at radius 3 is 3.00 bits per heavy atom. The van der Waals surface area contributed by atoms with Crippen LogP contribution in [0, 0.1) is 0 Å². The van der Waals surface area contributed by atoms with Gasteiger partial charge in [-0.3, -0.25) is 0 Å². The largest absolute Gasteiger partial charge is 0.161 e. The van der Waals surface area contributed by atoms with Crippen molar-refractivity contribution in [3.8, 4) is 0 Å². The number of hydrogen-bond donors (Lipinski definition) is 0. The number of benzene rings is 1. The van der Waals surface area contributed by atoms with Gasteiger partial charge in [0.2, 0.25) is 0 Å². The van der Waals surface area contributed by atoms with E-state index in [9.17, 15) is 0 Å². The minimum atomic E-state index is 0.788. The predicted molar refractivity (Wildman–Crippen MR) is 63.4 cm³/mol. The Labute approximate surface area is 92.2 Å². The first-order valence-corrected chi connectivity index (χ1v) is 6.64. The Hall–Kier alpha value is 0.0500. The third kappa shape index (κ3) is 2.50. The molecule has 0 N–H and O–H groups in total. The second kappa shape index (κ2) is 4.52. The molecule has 1 aromatic carbocycles. The minimum absolute atomic E-state index is 0.788. The van der Waals surface area contributed by atoms with E-state index in [1.165, 1.54) is 34.4 Å². The van der Waals surface area contributed by atoms with Crippen molar-refractivity contribution in [3.63, 3.8) is 0 Å². The van der Waals surface area contributed by atoms with Crippen molar-refractivity contribution in [3.05, 3.63) is 34.3 Å². The highest BCUT2D eigenvalue weighted by molar-refractivity contribution is 9.10. The van der Waals surface area contributed by atoms with Gasteiger partial charge >= 0.3 is 0 Å². The third-order valence-corrected chi connectivity index (χ3v) is 4.19. The summed E-state index contributed by atoms with van der Waals surface area (Å²) >= 11 is 5.61. The van der Waals surface area contributed by atoms with Gasteiger partial charge in [-0.2, -0.15) is 11.8 Å². The molecule has 2 rings (SSSR count). The van der Waals surface area contributed by atoms with Gasteiger partial charge in [0.15, 0.2) is 0 Å². The molecule has 1 aliphatic rings. The number of rotatable bonds is 1. The zero-order valence-corrected chi connectivity index (χ0v) is 9.90. The van der Waals surface area contributed by atoms with E-state index in [-0.39, 0.29) is 0 Å². The predicted octanol–water partition coefficient (Wildman–Crippen LogP) is 4.06. The van der Waals surface area contributed by atoms with E-state index in [4.69, 9.17) is 0 Å². The van der Waals surface area contributed by atoms with Gasteiger partial charge < -0.3 is 0 Å². The van der Waals surface area contributed by atoms with Gasteiger partial charge in [-0.25, -0.2) is 0 Å². The van der Waals surface area contributed by atoms with Gasteiger partial charge in [0.1, 0.15) is 0 Å². The van der Waals surface area contributed by atoms with E-state index in [2.05, 4.69) is 52.0 Å². The first-order chi connectivity index (χ1) is 6.36. The van der Waals surface area contributed by atoms with Crippen molar-refractivity contribution >= 4 is 27.7 Å². The Kier molecular flexibility index (Phi) is 3.33. The quantitative estimate of drug-likeness (QED) is 0.731. The van der Waals surface area contributed by atoms with Crippen LogP contribution < -0.4 is 0 Å². The van der Waals surface area contributed by atoms with Crippen molar-refractivity contribution in [2.24, 2.45) is 0 Å². The Morgan fingerprint density at radius 1 is 1.38 bits per heavy atom. The lowest BCUT2D eigenvalue weighted by Crippen LogP contribution is -2.08. The average Bonchev–Trinajstić information content (AvgIpc) is 2.19. The highest BCUT2D eigenvalue weighted by Crippen LogP contribution is 2.31. The maximum absolute atomic E-state index is 3.52. The average molecular weight is 257 g/mol. The topological polar surface area (TPSA) is 0 Å². The molecule has 1 unspecified atom stereocenters. The maximum Gasteiger partial charge on any atom is 0.0178 e. The molecule has 1 heterocycles. The second-order valence-corrected chi connectivity index (χ2v) is 5.53. The number of thioether (sulfide) groups is 1. The molecule has 1 aliphatic heterocycles. The van der Waals surface area contributed by atoms with Crippen LogP contribution in [0.4, 0.5) is 0 Å². The zero-order valence-electron chi connectivity index (χ0n) is 7.50. The summed E-state index contributed by atoms with van der Waals surface area (Å²) < 4.78 is 1.21. The molecule has 0 bridgehead atoms. The molecule has 0 nitrogen and oxygen atoms in total. The van der Waals surface area contributed by atoms with E-state index >= 15 is 0 Å². The van der Waals surface area contributed by atoms with Crippen LogP contribution in [0.3, 0.4) is 0 Å². The highest BCUT2D eigenvalue weighted by atomic mass is 79.9. The van der Waals surface area contributed by atoms with Crippen LogP contribution >= 0.6 is 27.7 Å². The summed E-state index contributed by atoms with van der Waals surface area (Å²) in [5.41, 5.74) is 1.50. The summed E-state index contributed by atoms with van der Waals surface area (Å²) in [6.45, 7) is 0. The highest BCUT2D eigenvalue weighted by Gasteiger charge is 2.15. The molecule has 1 fully saturated rings. The van der Waals surface area contributed by atoms with E-state index in [1.54, 1.807) is 0 Å². The summed E-state index contributed by atoms with van der Waals surface area (Å²) in [7, 11) is 0. The number of hydrogen-bond acceptors (Lipinski definition) is 1. The molecule has 0 amide bonds. The molecule has 1 saturated heterocycles. The van der Waals surface area contributed by atoms with Crippen molar-refractivity contribution in [1.82, 2.24) is 0 Å². The van der Waals surface area contributed by atoms with Crippen LogP contribution in [0.1, 0.15) is 24.3 Å². The van der Waals surface area contributed by atoms with Gasteiger partial charge in [-0.05, 0) is 42.2 Å². The smallest absolute Gasteiger partial charge is 0.0178 e. The van der Waals surface area contributed by atoms with Crippen LogP contribution in [-0.4, -0.2) is 11.5 Å². The zero-order chi connectivity index (χ0) is 9.10. The summed E-state index contributed by atoms with van der Waals surface area (Å²) in [6, 6.07) is 8.75. The van der Waals surface area contributed by atoms with Gasteiger partial charge in [-0.15, -0.1) is 0 Å². The standard InChI is InChI=1S/C11H13BrS/c12-11-5-1-3-9(7-11)10-4-2-6-13-8-10/h1,3,5,7,10H,2,4,6,8H2. The molecule has 2 heteroatoms. The van der Waals surface area contributed by atoms with Gasteiger partial charge in [0.25, 0.3) is 0 Å². The molecular weight excluding hydrogens is 244 g/mol. The normalized spacial score (nSPS) is 23.0. The molecule has 0 spiro atoms. The van der Waals surface area contributed by atoms with Gasteiger partial charge in [-0.1, -0.05) is 28.1 Å². The molecule has 0 saturated carbocycles. The fourth-order valence-electron chi connectivity index (χ4n) is 1.76. The lowest BCUT2D eigenvalue weighted by Gasteiger charge is -2.21. The lowest BCUT2D eigenvalue weighted by molar-refractivity contribution is 0.660. The maximum atomic E-state index is 3.52. The van der Waals surface area contributed by atoms with E-state index in [0.717, 1.165) is 5.92 Å². The van der Waals surface area contributed by atoms with Crippen LogP contribution in [-0.2, 0) is 0 Å². The molecule has 0 aliphatic carbocycles. The summed E-state index contributed by atoms with van der Waals surface area (Å²) in [5, 5.41) is 0. The minimum Gasteiger partial charge on any atom is -0.161 e. The van der Waals surface area contributed by atoms with Crippen molar-refractivity contribution in [1.29, 1.82) is 0 Å². The fourth-order valence-corrected chi connectivity index (χ4v) is 3.36. The summed E-state index contributed by atoms with van der Waals surface area (Å²) in [4.78, 5) is 0. The van der Waals surface area contributed by atoms with Gasteiger partial charge in [0.05, 0.1) is 0 Å². The number of halogens is 1. The molecule has 1 aromatic rings. The van der Waals surface area contributed by atoms with E-state index in [1.807, 2.05) is 0 Å². The third-order valence-electron chi connectivity index (χ3n) is 2.48. The summed E-state index contributed by atoms with van der Waals surface area (Å²) in [5.74, 6) is 3.44. The van der Waals surface area contributed by atoms with Crippen LogP contribution in [0.25, 0.3) is 0 Å². The van der Waals surface area contributed by atoms with E-state index in [0.29, 0.717) is 0 Å². The first kappa shape index (κ1) is 9.60. The fraction of sp³-hybridized carbons (Fsp3) is 0.455. The van der Waals surface area contributed by atoms with E-state index < -0.39 is 0 Å². The Balaban J connectivity index is 2.14. The van der Waals surface area contributed by atoms with Crippen molar-refractivity contribution in [2.45, 2.75) is 18.8 Å². The van der Waals surface area contributed by atoms with Crippen LogP contribution in [0.5, 0.6) is 0 Å². The molecule has 1 atom stereocenters. The van der Waals surface area contributed by atoms with Crippen LogP contribution in [0.2, 0.25) is 0 Å². The van der Waals surface area contributed by atoms with Gasteiger partial charge in [0, 0.05) is 10.2 Å². The Bertz CT molecular complexity index is 279.